The van der Waals surface area contributed by atoms with Crippen molar-refractivity contribution in [1.29, 1.82) is 0 Å². The van der Waals surface area contributed by atoms with Crippen molar-refractivity contribution in [2.75, 3.05) is 0 Å². The zero-order valence-electron chi connectivity index (χ0n) is 2.00. The van der Waals surface area contributed by atoms with Gasteiger partial charge >= 0.3 is 0 Å². The molecule has 4 heteroatoms. The van der Waals surface area contributed by atoms with Crippen LogP contribution < -0.4 is 0 Å². The average Bonchev–Trinajstić information content (AvgIpc) is 0. The van der Waals surface area contributed by atoms with Gasteiger partial charge in [-0.25, -0.2) is 0 Å². The summed E-state index contributed by atoms with van der Waals surface area (Å²) >= 11 is 0. The summed E-state index contributed by atoms with van der Waals surface area (Å²) in [7, 11) is 0. The molecule has 0 amide bonds. The minimum absolute atomic E-state index is 0. The molecule has 0 aromatic rings. The van der Waals surface area contributed by atoms with E-state index in [0.29, 0.717) is 0 Å². The Morgan fingerprint density at radius 1 is 0.500 bits per heavy atom. The summed E-state index contributed by atoms with van der Waals surface area (Å²) < 4.78 is 0. The molecular formula is H8O3S. The Morgan fingerprint density at radius 2 is 0.500 bits per heavy atom. The van der Waals surface area contributed by atoms with E-state index in [1.54, 1.807) is 0 Å². The second-order valence-electron chi connectivity index (χ2n) is 0. The molecule has 0 aliphatic heterocycles. The van der Waals surface area contributed by atoms with Gasteiger partial charge in [0.1, 0.15) is 0 Å². The quantitative estimate of drug-likeness (QED) is 0.316. The molecule has 0 unspecified atom stereocenters. The molecule has 0 fully saturated rings. The van der Waals surface area contributed by atoms with Crippen LogP contribution in [0.4, 0.5) is 0 Å². The van der Waals surface area contributed by atoms with Crippen LogP contribution in [0.2, 0.25) is 0 Å². The molecule has 3 nitrogen and oxygen atoms in total. The van der Waals surface area contributed by atoms with E-state index in [0.717, 1.165) is 0 Å². The Balaban J connectivity index is 0. The molecule has 0 aromatic carbocycles. The van der Waals surface area contributed by atoms with Crippen LogP contribution in [0, 0.1) is 0 Å². The molecule has 32 valence electrons. The van der Waals surface area contributed by atoms with E-state index < -0.39 is 0 Å². The third-order valence-corrected chi connectivity index (χ3v) is 0. The lowest BCUT2D eigenvalue weighted by Gasteiger charge is -0.413. The van der Waals surface area contributed by atoms with E-state index in [1.165, 1.54) is 0 Å². The highest BCUT2D eigenvalue weighted by Crippen LogP contribution is 0.648. The second-order valence-corrected chi connectivity index (χ2v) is 0. The van der Waals surface area contributed by atoms with Crippen LogP contribution in [-0.2, 0) is 0 Å². The Labute approximate surface area is 31.0 Å². The van der Waals surface area contributed by atoms with Gasteiger partial charge in [0.05, 0.1) is 0 Å². The maximum absolute atomic E-state index is 0. The highest BCUT2D eigenvalue weighted by molar-refractivity contribution is 7.59. The minimum atomic E-state index is 0. The second kappa shape index (κ2) is 304. The zero-order valence-corrected chi connectivity index (χ0v) is 3.00. The predicted molar refractivity (Wildman–Crippen MR) is 21.2 cm³/mol. The Kier molecular flexibility index (Phi) is 63300. The first-order valence-electron chi connectivity index (χ1n) is 0. The van der Waals surface area contributed by atoms with Crippen LogP contribution in [0.3, 0.4) is 0 Å². The van der Waals surface area contributed by atoms with Gasteiger partial charge in [0.25, 0.3) is 0 Å². The molecule has 0 aliphatic rings. The van der Waals surface area contributed by atoms with Gasteiger partial charge in [-0.2, -0.15) is 13.5 Å². The zero-order chi connectivity index (χ0) is 0. The van der Waals surface area contributed by atoms with Gasteiger partial charge in [0.2, 0.25) is 0 Å². The molecule has 0 aliphatic carbocycles. The Bertz CT molecular complexity index is 3.25. The Hall–Kier alpha value is 0.230. The molecule has 0 atom stereocenters. The van der Waals surface area contributed by atoms with Crippen molar-refractivity contribution < 1.29 is 16.4 Å². The van der Waals surface area contributed by atoms with Gasteiger partial charge in [-0.05, 0) is 0 Å². The SMILES string of the molecule is O.O.O.S. The largest absolute Gasteiger partial charge is 0.412 e. The van der Waals surface area contributed by atoms with Crippen LogP contribution in [0.15, 0.2) is 0 Å². The summed E-state index contributed by atoms with van der Waals surface area (Å²) in [5.74, 6) is 0. The van der Waals surface area contributed by atoms with E-state index in [1.807, 2.05) is 0 Å². The molecule has 6 N–H and O–H groups in total. The monoisotopic (exact) mass is 88.0 g/mol. The molecule has 0 bridgehead atoms. The third kappa shape index (κ3) is 63.8. The van der Waals surface area contributed by atoms with E-state index in [9.17, 15) is 0 Å². The van der Waals surface area contributed by atoms with Gasteiger partial charge in [0, 0.05) is 0 Å². The van der Waals surface area contributed by atoms with Crippen molar-refractivity contribution in [2.45, 2.75) is 0 Å². The molecular weight excluding hydrogens is 80.1 g/mol. The van der Waals surface area contributed by atoms with Crippen LogP contribution in [0.25, 0.3) is 0 Å². The molecule has 0 saturated carbocycles. The van der Waals surface area contributed by atoms with Gasteiger partial charge in [-0.3, -0.25) is 0 Å². The number of hydrogen-bond acceptors (Lipinski definition) is 0. The fraction of sp³-hybridized carbons (Fsp3) is 0. The lowest BCUT2D eigenvalue weighted by atomic mass is 16.0. The van der Waals surface area contributed by atoms with Crippen molar-refractivity contribution in [1.82, 2.24) is 0 Å². The predicted octanol–water partition coefficient (Wildman–Crippen LogP) is -2.36. The van der Waals surface area contributed by atoms with E-state index in [2.05, 4.69) is 0 Å². The lowest BCUT2D eigenvalue weighted by Crippen LogP contribution is -0.290. The highest BCUT2D eigenvalue weighted by Gasteiger charge is -0.197. The van der Waals surface area contributed by atoms with Gasteiger partial charge < -0.3 is 16.4 Å². The van der Waals surface area contributed by atoms with Crippen LogP contribution in [-0.4, -0.2) is 16.4 Å². The van der Waals surface area contributed by atoms with Gasteiger partial charge in [-0.15, -0.1) is 0 Å². The summed E-state index contributed by atoms with van der Waals surface area (Å²) in [6.07, 6.45) is 0. The maximum atomic E-state index is 0. The fourth-order valence-electron chi connectivity index (χ4n) is 0. The average molecular weight is 88.1 g/mol. The van der Waals surface area contributed by atoms with Crippen molar-refractivity contribution in [3.63, 3.8) is 0 Å². The van der Waals surface area contributed by atoms with Crippen molar-refractivity contribution in [2.24, 2.45) is 0 Å². The molecule has 0 radical (unpaired) electrons. The molecule has 0 spiro atoms. The Morgan fingerprint density at radius 3 is 0.500 bits per heavy atom. The number of rotatable bonds is 0. The number of hydrogen-bond donors (Lipinski definition) is 0. The van der Waals surface area contributed by atoms with Crippen LogP contribution in [0.1, 0.15) is 0 Å². The highest BCUT2D eigenvalue weighted by atomic mass is 32.1. The standard InChI is InChI=1S/3H2O.H2S/h4*1H2. The summed E-state index contributed by atoms with van der Waals surface area (Å²) in [5.41, 5.74) is 0. The molecule has 0 rings (SSSR count). The van der Waals surface area contributed by atoms with Gasteiger partial charge in [-0.1, -0.05) is 0 Å². The summed E-state index contributed by atoms with van der Waals surface area (Å²) in [4.78, 5) is 0. The van der Waals surface area contributed by atoms with Crippen LogP contribution >= 0.6 is 13.5 Å². The van der Waals surface area contributed by atoms with Crippen molar-refractivity contribution >= 4 is 13.5 Å². The van der Waals surface area contributed by atoms with Crippen molar-refractivity contribution in [3.8, 4) is 0 Å². The first-order valence-corrected chi connectivity index (χ1v) is 0. The summed E-state index contributed by atoms with van der Waals surface area (Å²) in [6.45, 7) is 0. The van der Waals surface area contributed by atoms with Crippen molar-refractivity contribution in [3.05, 3.63) is 0 Å². The van der Waals surface area contributed by atoms with Crippen LogP contribution in [0.5, 0.6) is 0 Å². The lowest BCUT2D eigenvalue weighted by molar-refractivity contribution is 0.823. The van der Waals surface area contributed by atoms with E-state index in [4.69, 9.17) is 0 Å². The molecule has 0 heterocycles. The fourth-order valence-corrected chi connectivity index (χ4v) is 0. The molecule has 0 aromatic heterocycles. The van der Waals surface area contributed by atoms with E-state index >= 15 is 0 Å². The maximum Gasteiger partial charge on any atom is -0.197 e. The molecule has 4 heavy (non-hydrogen) atoms. The normalized spacial score (nSPS) is 0. The molecule has 0 saturated heterocycles. The van der Waals surface area contributed by atoms with Gasteiger partial charge in [0.15, 0.2) is 0 Å². The minimum Gasteiger partial charge on any atom is -0.412 e. The van der Waals surface area contributed by atoms with E-state index in [-0.39, 0.29) is 29.9 Å². The first kappa shape index (κ1) is 834. The first-order chi connectivity index (χ1) is 0. The third-order valence-electron chi connectivity index (χ3n) is 0. The topological polar surface area (TPSA) is 94.5 Å². The summed E-state index contributed by atoms with van der Waals surface area (Å²) in [5, 5.41) is 0. The smallest absolute Gasteiger partial charge is 0.197 e. The summed E-state index contributed by atoms with van der Waals surface area (Å²) in [6, 6.07) is 0.